The quantitative estimate of drug-likeness (QED) is 0.446. The summed E-state index contributed by atoms with van der Waals surface area (Å²) < 4.78 is 31.7. The van der Waals surface area contributed by atoms with E-state index in [9.17, 15) is 19.2 Å². The zero-order valence-corrected chi connectivity index (χ0v) is 15.4. The highest BCUT2D eigenvalue weighted by atomic mass is 16.7. The molecule has 1 rings (SSSR count). The van der Waals surface area contributed by atoms with Gasteiger partial charge in [0, 0.05) is 34.3 Å². The molecule has 10 nitrogen and oxygen atoms in total. The molecular weight excluding hydrogens is 352 g/mol. The fraction of sp³-hybridized carbons (Fsp3) is 0.750. The first kappa shape index (κ1) is 21.8. The minimum Gasteiger partial charge on any atom is -0.463 e. The first-order chi connectivity index (χ1) is 12.1. The van der Waals surface area contributed by atoms with Crippen LogP contribution in [0.1, 0.15) is 34.6 Å². The predicted molar refractivity (Wildman–Crippen MR) is 83.6 cm³/mol. The summed E-state index contributed by atoms with van der Waals surface area (Å²) in [5.74, 6) is -2.61. The van der Waals surface area contributed by atoms with Crippen LogP contribution in [0.25, 0.3) is 0 Å². The SMILES string of the molecule is CCOC1OC(COC(C)=O)C(OC(C)=O)C(OC(C)=O)C1OC(C)=O. The summed E-state index contributed by atoms with van der Waals surface area (Å²) in [4.78, 5) is 45.6. The maximum absolute atomic E-state index is 11.5. The topological polar surface area (TPSA) is 124 Å². The molecule has 148 valence electrons. The van der Waals surface area contributed by atoms with Crippen molar-refractivity contribution in [1.82, 2.24) is 0 Å². The average Bonchev–Trinajstić information content (AvgIpc) is 2.50. The Balaban J connectivity index is 3.22. The standard InChI is InChI=1S/C16H24O10/c1-6-21-16-15(25-11(5)20)14(24-10(4)19)13(23-9(3)18)12(26-16)7-22-8(2)17/h12-16H,6-7H2,1-5H3. The van der Waals surface area contributed by atoms with Crippen LogP contribution in [-0.2, 0) is 47.6 Å². The van der Waals surface area contributed by atoms with Gasteiger partial charge in [0.2, 0.25) is 0 Å². The second kappa shape index (κ2) is 10.1. The number of rotatable bonds is 7. The zero-order valence-electron chi connectivity index (χ0n) is 15.4. The van der Waals surface area contributed by atoms with Gasteiger partial charge in [-0.05, 0) is 6.92 Å². The van der Waals surface area contributed by atoms with Crippen molar-refractivity contribution < 1.29 is 47.6 Å². The van der Waals surface area contributed by atoms with Gasteiger partial charge in [0.1, 0.15) is 12.7 Å². The summed E-state index contributed by atoms with van der Waals surface area (Å²) in [6.07, 6.45) is -5.65. The van der Waals surface area contributed by atoms with Crippen LogP contribution in [-0.4, -0.2) is 67.8 Å². The molecule has 10 heteroatoms. The summed E-state index contributed by atoms with van der Waals surface area (Å²) >= 11 is 0. The van der Waals surface area contributed by atoms with Crippen molar-refractivity contribution >= 4 is 23.9 Å². The Morgan fingerprint density at radius 2 is 1.27 bits per heavy atom. The lowest BCUT2D eigenvalue weighted by Gasteiger charge is -2.43. The summed E-state index contributed by atoms with van der Waals surface area (Å²) in [6, 6.07) is 0. The van der Waals surface area contributed by atoms with Gasteiger partial charge in [-0.15, -0.1) is 0 Å². The van der Waals surface area contributed by atoms with E-state index in [1.165, 1.54) is 13.8 Å². The predicted octanol–water partition coefficient (Wildman–Crippen LogP) is 0.106. The molecule has 0 aromatic heterocycles. The third-order valence-corrected chi connectivity index (χ3v) is 3.28. The lowest BCUT2D eigenvalue weighted by molar-refractivity contribution is -0.307. The van der Waals surface area contributed by atoms with E-state index in [0.717, 1.165) is 13.8 Å². The molecule has 1 fully saturated rings. The maximum atomic E-state index is 11.5. The number of carbonyl (C=O) groups is 4. The molecule has 0 aromatic carbocycles. The van der Waals surface area contributed by atoms with Crippen molar-refractivity contribution in [1.29, 1.82) is 0 Å². The minimum atomic E-state index is -1.20. The van der Waals surface area contributed by atoms with E-state index < -0.39 is 54.6 Å². The van der Waals surface area contributed by atoms with Gasteiger partial charge in [0.25, 0.3) is 0 Å². The van der Waals surface area contributed by atoms with Crippen LogP contribution in [0.15, 0.2) is 0 Å². The minimum absolute atomic E-state index is 0.202. The highest BCUT2D eigenvalue weighted by Crippen LogP contribution is 2.29. The van der Waals surface area contributed by atoms with Gasteiger partial charge in [-0.1, -0.05) is 0 Å². The smallest absolute Gasteiger partial charge is 0.303 e. The average molecular weight is 376 g/mol. The van der Waals surface area contributed by atoms with Crippen molar-refractivity contribution in [2.75, 3.05) is 13.2 Å². The summed E-state index contributed by atoms with van der Waals surface area (Å²) in [6.45, 7) is 6.29. The zero-order chi connectivity index (χ0) is 19.9. The van der Waals surface area contributed by atoms with Gasteiger partial charge in [0.05, 0.1) is 0 Å². The van der Waals surface area contributed by atoms with Crippen molar-refractivity contribution in [2.24, 2.45) is 0 Å². The summed E-state index contributed by atoms with van der Waals surface area (Å²) in [5, 5.41) is 0. The molecule has 5 unspecified atom stereocenters. The Bertz CT molecular complexity index is 531. The fourth-order valence-corrected chi connectivity index (χ4v) is 2.49. The molecule has 0 saturated carbocycles. The van der Waals surface area contributed by atoms with E-state index in [2.05, 4.69) is 0 Å². The van der Waals surface area contributed by atoms with Gasteiger partial charge in [-0.3, -0.25) is 19.2 Å². The molecule has 1 heterocycles. The molecule has 0 spiro atoms. The first-order valence-electron chi connectivity index (χ1n) is 8.07. The maximum Gasteiger partial charge on any atom is 0.303 e. The molecule has 26 heavy (non-hydrogen) atoms. The molecule has 1 aliphatic rings. The number of esters is 4. The van der Waals surface area contributed by atoms with Crippen LogP contribution in [0.4, 0.5) is 0 Å². The van der Waals surface area contributed by atoms with E-state index in [-0.39, 0.29) is 13.2 Å². The molecule has 0 bridgehead atoms. The Kier molecular flexibility index (Phi) is 8.46. The Morgan fingerprint density at radius 1 is 0.769 bits per heavy atom. The largest absolute Gasteiger partial charge is 0.463 e. The van der Waals surface area contributed by atoms with Crippen LogP contribution in [0, 0.1) is 0 Å². The molecular formula is C16H24O10. The van der Waals surface area contributed by atoms with E-state index in [4.69, 9.17) is 28.4 Å². The van der Waals surface area contributed by atoms with Crippen LogP contribution in [0.2, 0.25) is 0 Å². The molecule has 0 amide bonds. The van der Waals surface area contributed by atoms with Gasteiger partial charge in [0.15, 0.2) is 24.6 Å². The van der Waals surface area contributed by atoms with Crippen molar-refractivity contribution in [3.05, 3.63) is 0 Å². The van der Waals surface area contributed by atoms with Crippen molar-refractivity contribution in [3.8, 4) is 0 Å². The molecule has 0 N–H and O–H groups in total. The van der Waals surface area contributed by atoms with Crippen LogP contribution >= 0.6 is 0 Å². The normalized spacial score (nSPS) is 28.0. The van der Waals surface area contributed by atoms with Crippen LogP contribution < -0.4 is 0 Å². The second-order valence-electron chi connectivity index (χ2n) is 5.52. The van der Waals surface area contributed by atoms with E-state index >= 15 is 0 Å². The molecule has 1 saturated heterocycles. The van der Waals surface area contributed by atoms with Gasteiger partial charge in [-0.25, -0.2) is 0 Å². The van der Waals surface area contributed by atoms with E-state index in [0.29, 0.717) is 0 Å². The lowest BCUT2D eigenvalue weighted by atomic mass is 9.98. The Hall–Kier alpha value is -2.20. The van der Waals surface area contributed by atoms with Crippen LogP contribution in [0.5, 0.6) is 0 Å². The third kappa shape index (κ3) is 6.60. The van der Waals surface area contributed by atoms with E-state index in [1.807, 2.05) is 0 Å². The van der Waals surface area contributed by atoms with Gasteiger partial charge in [-0.2, -0.15) is 0 Å². The molecule has 0 radical (unpaired) electrons. The van der Waals surface area contributed by atoms with Crippen molar-refractivity contribution in [2.45, 2.75) is 65.3 Å². The first-order valence-corrected chi connectivity index (χ1v) is 8.07. The van der Waals surface area contributed by atoms with Crippen LogP contribution in [0.3, 0.4) is 0 Å². The third-order valence-electron chi connectivity index (χ3n) is 3.28. The molecule has 0 aromatic rings. The summed E-state index contributed by atoms with van der Waals surface area (Å²) in [7, 11) is 0. The summed E-state index contributed by atoms with van der Waals surface area (Å²) in [5.41, 5.74) is 0. The van der Waals surface area contributed by atoms with Gasteiger partial charge < -0.3 is 28.4 Å². The van der Waals surface area contributed by atoms with Crippen molar-refractivity contribution in [3.63, 3.8) is 0 Å². The molecule has 0 aliphatic carbocycles. The highest BCUT2D eigenvalue weighted by molar-refractivity contribution is 5.68. The fourth-order valence-electron chi connectivity index (χ4n) is 2.49. The molecule has 1 aliphatic heterocycles. The number of ether oxygens (including phenoxy) is 6. The monoisotopic (exact) mass is 376 g/mol. The number of hydrogen-bond acceptors (Lipinski definition) is 10. The molecule has 5 atom stereocenters. The second-order valence-corrected chi connectivity index (χ2v) is 5.52. The van der Waals surface area contributed by atoms with Gasteiger partial charge >= 0.3 is 23.9 Å². The number of carbonyl (C=O) groups excluding carboxylic acids is 4. The lowest BCUT2D eigenvalue weighted by Crippen LogP contribution is -2.62. The Labute approximate surface area is 151 Å². The Morgan fingerprint density at radius 3 is 1.73 bits per heavy atom. The number of hydrogen-bond donors (Lipinski definition) is 0. The van der Waals surface area contributed by atoms with E-state index in [1.54, 1.807) is 6.92 Å². The highest BCUT2D eigenvalue weighted by Gasteiger charge is 2.52.